The van der Waals surface area contributed by atoms with E-state index in [4.69, 9.17) is 4.74 Å². The van der Waals surface area contributed by atoms with E-state index in [-0.39, 0.29) is 11.3 Å². The van der Waals surface area contributed by atoms with Gasteiger partial charge in [0.05, 0.1) is 19.6 Å². The number of hydrogen-bond donors (Lipinski definition) is 1. The Morgan fingerprint density at radius 1 is 1.33 bits per heavy atom. The van der Waals surface area contributed by atoms with Crippen LogP contribution < -0.4 is 4.74 Å². The molecule has 1 aromatic rings. The third kappa shape index (κ3) is 3.43. The second-order valence-corrected chi connectivity index (χ2v) is 3.08. The van der Waals surface area contributed by atoms with Crippen LogP contribution in [0.4, 0.5) is 13.2 Å². The Hall–Kier alpha value is -1.23. The summed E-state index contributed by atoms with van der Waals surface area (Å²) >= 11 is 0. The lowest BCUT2D eigenvalue weighted by Crippen LogP contribution is -2.14. The van der Waals surface area contributed by atoms with Crippen LogP contribution in [0.2, 0.25) is 0 Å². The van der Waals surface area contributed by atoms with Gasteiger partial charge in [-0.3, -0.25) is 0 Å². The molecule has 0 radical (unpaired) electrons. The second-order valence-electron chi connectivity index (χ2n) is 3.08. The predicted octanol–water partition coefficient (Wildman–Crippen LogP) is 2.68. The maximum Gasteiger partial charge on any atom is 0.391 e. The Balaban J connectivity index is 2.86. The summed E-state index contributed by atoms with van der Waals surface area (Å²) in [6.07, 6.45) is -7.24. The van der Waals surface area contributed by atoms with Crippen LogP contribution in [0.5, 0.6) is 5.75 Å². The number of methoxy groups -OCH3 is 1. The van der Waals surface area contributed by atoms with E-state index in [1.54, 1.807) is 12.1 Å². The van der Waals surface area contributed by atoms with E-state index in [1.807, 2.05) is 0 Å². The van der Waals surface area contributed by atoms with E-state index in [0.717, 1.165) is 0 Å². The highest BCUT2D eigenvalue weighted by Gasteiger charge is 2.32. The molecule has 0 aliphatic heterocycles. The van der Waals surface area contributed by atoms with Gasteiger partial charge in [-0.15, -0.1) is 0 Å². The molecular formula is C10H11F3O2. The molecular weight excluding hydrogens is 209 g/mol. The van der Waals surface area contributed by atoms with Gasteiger partial charge in [0.2, 0.25) is 0 Å². The number of alkyl halides is 3. The van der Waals surface area contributed by atoms with Gasteiger partial charge in [0, 0.05) is 5.56 Å². The lowest BCUT2D eigenvalue weighted by Gasteiger charge is -2.15. The van der Waals surface area contributed by atoms with Crippen molar-refractivity contribution in [1.82, 2.24) is 0 Å². The molecule has 0 bridgehead atoms. The monoisotopic (exact) mass is 220 g/mol. The lowest BCUT2D eigenvalue weighted by molar-refractivity contribution is -0.154. The van der Waals surface area contributed by atoms with Gasteiger partial charge in [0.25, 0.3) is 0 Å². The molecule has 84 valence electrons. The van der Waals surface area contributed by atoms with Crippen LogP contribution in [0, 0.1) is 0 Å². The first kappa shape index (κ1) is 11.8. The summed E-state index contributed by atoms with van der Waals surface area (Å²) in [5.41, 5.74) is 0.150. The van der Waals surface area contributed by atoms with E-state index in [1.165, 1.54) is 19.2 Å². The summed E-state index contributed by atoms with van der Waals surface area (Å²) in [5, 5.41) is 9.37. The minimum Gasteiger partial charge on any atom is -0.496 e. The smallest absolute Gasteiger partial charge is 0.391 e. The quantitative estimate of drug-likeness (QED) is 0.848. The molecule has 2 nitrogen and oxygen atoms in total. The van der Waals surface area contributed by atoms with Gasteiger partial charge in [-0.2, -0.15) is 13.2 Å². The van der Waals surface area contributed by atoms with Crippen molar-refractivity contribution < 1.29 is 23.0 Å². The molecule has 0 amide bonds. The molecule has 1 unspecified atom stereocenters. The van der Waals surface area contributed by atoms with Crippen molar-refractivity contribution in [1.29, 1.82) is 0 Å². The van der Waals surface area contributed by atoms with Gasteiger partial charge in [-0.05, 0) is 6.07 Å². The van der Waals surface area contributed by atoms with Crippen molar-refractivity contribution in [2.75, 3.05) is 7.11 Å². The first-order chi connectivity index (χ1) is 6.94. The summed E-state index contributed by atoms with van der Waals surface area (Å²) in [4.78, 5) is 0. The van der Waals surface area contributed by atoms with Gasteiger partial charge in [-0.1, -0.05) is 18.2 Å². The summed E-state index contributed by atoms with van der Waals surface area (Å²) in [6.45, 7) is 0. The Kier molecular flexibility index (Phi) is 3.57. The molecule has 1 atom stereocenters. The molecule has 0 saturated carbocycles. The SMILES string of the molecule is COc1ccccc1C(O)CC(F)(F)F. The molecule has 0 heterocycles. The van der Waals surface area contributed by atoms with Crippen molar-refractivity contribution in [3.8, 4) is 5.75 Å². The van der Waals surface area contributed by atoms with Crippen LogP contribution in [-0.4, -0.2) is 18.4 Å². The third-order valence-corrected chi connectivity index (χ3v) is 1.92. The van der Waals surface area contributed by atoms with E-state index < -0.39 is 18.7 Å². The van der Waals surface area contributed by atoms with E-state index in [0.29, 0.717) is 0 Å². The summed E-state index contributed by atoms with van der Waals surface area (Å²) < 4.78 is 40.9. The van der Waals surface area contributed by atoms with Crippen LogP contribution in [0.3, 0.4) is 0 Å². The fourth-order valence-corrected chi connectivity index (χ4v) is 1.27. The van der Waals surface area contributed by atoms with Gasteiger partial charge >= 0.3 is 6.18 Å². The number of ether oxygens (including phenoxy) is 1. The van der Waals surface area contributed by atoms with Gasteiger partial charge in [0.1, 0.15) is 5.75 Å². The topological polar surface area (TPSA) is 29.5 Å². The zero-order valence-electron chi connectivity index (χ0n) is 8.08. The van der Waals surface area contributed by atoms with Crippen molar-refractivity contribution in [2.45, 2.75) is 18.7 Å². The highest BCUT2D eigenvalue weighted by atomic mass is 19.4. The predicted molar refractivity (Wildman–Crippen MR) is 48.6 cm³/mol. The zero-order valence-corrected chi connectivity index (χ0v) is 8.08. The van der Waals surface area contributed by atoms with Crippen molar-refractivity contribution in [2.24, 2.45) is 0 Å². The molecule has 0 fully saturated rings. The zero-order chi connectivity index (χ0) is 11.5. The fourth-order valence-electron chi connectivity index (χ4n) is 1.27. The number of para-hydroxylation sites is 1. The normalized spacial score (nSPS) is 13.7. The fraction of sp³-hybridized carbons (Fsp3) is 0.400. The first-order valence-electron chi connectivity index (χ1n) is 4.32. The Bertz CT molecular complexity index is 323. The molecule has 15 heavy (non-hydrogen) atoms. The van der Waals surface area contributed by atoms with Crippen molar-refractivity contribution in [3.05, 3.63) is 29.8 Å². The van der Waals surface area contributed by atoms with E-state index >= 15 is 0 Å². The Labute approximate surface area is 85.3 Å². The maximum absolute atomic E-state index is 12.0. The minimum absolute atomic E-state index is 0.150. The van der Waals surface area contributed by atoms with Gasteiger partial charge in [0.15, 0.2) is 0 Å². The van der Waals surface area contributed by atoms with Crippen LogP contribution in [0.1, 0.15) is 18.1 Å². The third-order valence-electron chi connectivity index (χ3n) is 1.92. The standard InChI is InChI=1S/C10H11F3O2/c1-15-9-5-3-2-4-7(9)8(14)6-10(11,12)13/h2-5,8,14H,6H2,1H3. The lowest BCUT2D eigenvalue weighted by atomic mass is 10.1. The molecule has 0 saturated heterocycles. The molecule has 0 spiro atoms. The van der Waals surface area contributed by atoms with E-state index in [9.17, 15) is 18.3 Å². The Morgan fingerprint density at radius 3 is 2.47 bits per heavy atom. The molecule has 0 aliphatic carbocycles. The average Bonchev–Trinajstić information content (AvgIpc) is 2.15. The Morgan fingerprint density at radius 2 is 1.93 bits per heavy atom. The molecule has 0 aromatic heterocycles. The number of aliphatic hydroxyl groups is 1. The first-order valence-corrected chi connectivity index (χ1v) is 4.32. The van der Waals surface area contributed by atoms with Gasteiger partial charge in [-0.25, -0.2) is 0 Å². The average molecular weight is 220 g/mol. The number of rotatable bonds is 3. The number of benzene rings is 1. The van der Waals surface area contributed by atoms with Crippen molar-refractivity contribution in [3.63, 3.8) is 0 Å². The van der Waals surface area contributed by atoms with E-state index in [2.05, 4.69) is 0 Å². The van der Waals surface area contributed by atoms with Crippen LogP contribution in [-0.2, 0) is 0 Å². The van der Waals surface area contributed by atoms with Crippen LogP contribution in [0.15, 0.2) is 24.3 Å². The molecule has 1 rings (SSSR count). The van der Waals surface area contributed by atoms with Crippen molar-refractivity contribution >= 4 is 0 Å². The highest BCUT2D eigenvalue weighted by molar-refractivity contribution is 5.34. The maximum atomic E-state index is 12.0. The molecule has 0 aliphatic rings. The van der Waals surface area contributed by atoms with Gasteiger partial charge < -0.3 is 9.84 Å². The van der Waals surface area contributed by atoms with Crippen LogP contribution >= 0.6 is 0 Å². The summed E-state index contributed by atoms with van der Waals surface area (Å²) in [6, 6.07) is 6.10. The number of aliphatic hydroxyl groups excluding tert-OH is 1. The molecule has 1 aromatic carbocycles. The summed E-state index contributed by atoms with van der Waals surface area (Å²) in [5.74, 6) is 0.259. The second kappa shape index (κ2) is 4.53. The minimum atomic E-state index is -4.39. The summed E-state index contributed by atoms with van der Waals surface area (Å²) in [7, 11) is 1.35. The van der Waals surface area contributed by atoms with Crippen LogP contribution in [0.25, 0.3) is 0 Å². The molecule has 1 N–H and O–H groups in total. The highest BCUT2D eigenvalue weighted by Crippen LogP contribution is 2.33. The number of hydrogen-bond acceptors (Lipinski definition) is 2. The largest absolute Gasteiger partial charge is 0.496 e. The molecule has 5 heteroatoms. The number of halogens is 3.